The molecule has 0 radical (unpaired) electrons. The van der Waals surface area contributed by atoms with E-state index in [9.17, 15) is 15.0 Å². The van der Waals surface area contributed by atoms with Crippen LogP contribution in [0.2, 0.25) is 0 Å². The molecule has 1 aliphatic heterocycles. The quantitative estimate of drug-likeness (QED) is 0.504. The number of hydrogen-bond donors (Lipinski definition) is 4. The lowest BCUT2D eigenvalue weighted by molar-refractivity contribution is -0.0504. The van der Waals surface area contributed by atoms with Gasteiger partial charge in [-0.25, -0.2) is 9.37 Å². The first-order valence-electron chi connectivity index (χ1n) is 7.19. The average Bonchev–Trinajstić information content (AvgIpc) is 3.00. The van der Waals surface area contributed by atoms with Crippen molar-refractivity contribution in [2.45, 2.75) is 24.1 Å². The van der Waals surface area contributed by atoms with Crippen molar-refractivity contribution >= 4 is 28.7 Å². The van der Waals surface area contributed by atoms with Crippen molar-refractivity contribution in [2.75, 3.05) is 12.3 Å². The van der Waals surface area contributed by atoms with Crippen LogP contribution in [0.4, 0.5) is 10.3 Å². The predicted molar refractivity (Wildman–Crippen MR) is 77.0 cm³/mol. The van der Waals surface area contributed by atoms with Gasteiger partial charge in [-0.1, -0.05) is 0 Å². The molecule has 2 aromatic heterocycles. The molecule has 1 unspecified atom stereocenters. The maximum Gasteiger partial charge on any atom is 0.280 e. The van der Waals surface area contributed by atoms with Gasteiger partial charge in [-0.05, 0) is 17.5 Å². The number of rotatable bonds is 2. The van der Waals surface area contributed by atoms with Crippen LogP contribution in [0.15, 0.2) is 11.1 Å². The van der Waals surface area contributed by atoms with Crippen molar-refractivity contribution in [3.8, 4) is 11.3 Å². The number of aromatic nitrogens is 4. The molecule has 5 N–H and O–H groups in total. The van der Waals surface area contributed by atoms with E-state index in [1.54, 1.807) is 5.38 Å². The fourth-order valence-corrected chi connectivity index (χ4v) is 2.52. The molecule has 122 valence electrons. The first-order valence-corrected chi connectivity index (χ1v) is 6.57. The van der Waals surface area contributed by atoms with E-state index < -0.39 is 36.2 Å². The highest BCUT2D eigenvalue weighted by Gasteiger charge is 2.58. The van der Waals surface area contributed by atoms with Crippen molar-refractivity contribution < 1.29 is 22.1 Å². The lowest BCUT2D eigenvalue weighted by Crippen LogP contribution is -2.42. The molecular formula is C12H11ClFN5O4. The standard InChI is InChI=1S/C12H11ClFN5O4/c13-2-1-12(14)7(21)5(3-20)23-10(12)19-4-16-6-8(19)17-11(15)18-9(6)22/h4-5,7,10,20-21H,3H2,(H3,15,17,18,22)/t5-,7+,10-,12?/m1/s1/i3D2. The second kappa shape index (κ2) is 5.47. The molecule has 0 bridgehead atoms. The van der Waals surface area contributed by atoms with Crippen molar-refractivity contribution in [1.29, 1.82) is 0 Å². The number of nitrogens with one attached hydrogen (secondary N) is 1. The predicted octanol–water partition coefficient (Wildman–Crippen LogP) is -1.14. The molecular weight excluding hydrogens is 333 g/mol. The molecule has 4 atom stereocenters. The maximum absolute atomic E-state index is 15.3. The number of halogens is 2. The van der Waals surface area contributed by atoms with Gasteiger partial charge in [0.05, 0.1) is 15.6 Å². The molecule has 0 saturated carbocycles. The van der Waals surface area contributed by atoms with Crippen LogP contribution >= 0.6 is 11.6 Å². The third kappa shape index (κ3) is 2.25. The molecule has 1 aliphatic rings. The topological polar surface area (TPSA) is 139 Å². The third-order valence-electron chi connectivity index (χ3n) is 3.42. The number of aliphatic hydroxyl groups excluding tert-OH is 1. The second-order valence-corrected chi connectivity index (χ2v) is 4.93. The van der Waals surface area contributed by atoms with E-state index in [-0.39, 0.29) is 17.1 Å². The van der Waals surface area contributed by atoms with E-state index in [0.29, 0.717) is 0 Å². The zero-order chi connectivity index (χ0) is 18.6. The van der Waals surface area contributed by atoms with Crippen LogP contribution < -0.4 is 11.3 Å². The van der Waals surface area contributed by atoms with Crippen molar-refractivity contribution in [2.24, 2.45) is 0 Å². The van der Waals surface area contributed by atoms with Crippen LogP contribution in [0.5, 0.6) is 0 Å². The summed E-state index contributed by atoms with van der Waals surface area (Å²) in [6.45, 7) is -3.08. The summed E-state index contributed by atoms with van der Waals surface area (Å²) in [6.07, 6.45) is -5.00. The zero-order valence-electron chi connectivity index (χ0n) is 13.2. The van der Waals surface area contributed by atoms with Crippen LogP contribution in [0.1, 0.15) is 8.97 Å². The number of anilines is 1. The fourth-order valence-electron chi connectivity index (χ4n) is 2.37. The number of fused-ring (bicyclic) bond motifs is 1. The number of ether oxygens (including phenoxy) is 1. The van der Waals surface area contributed by atoms with Crippen LogP contribution in [0.3, 0.4) is 0 Å². The highest BCUT2D eigenvalue weighted by atomic mass is 35.5. The fraction of sp³-hybridized carbons (Fsp3) is 0.417. The molecule has 23 heavy (non-hydrogen) atoms. The van der Waals surface area contributed by atoms with Gasteiger partial charge in [-0.3, -0.25) is 14.3 Å². The van der Waals surface area contributed by atoms with Crippen molar-refractivity contribution in [1.82, 2.24) is 19.5 Å². The van der Waals surface area contributed by atoms with Gasteiger partial charge in [0.1, 0.15) is 12.2 Å². The Balaban J connectivity index is 2.21. The van der Waals surface area contributed by atoms with Gasteiger partial charge in [0.2, 0.25) is 11.6 Å². The molecule has 9 nitrogen and oxygen atoms in total. The number of nitrogen functional groups attached to an aromatic ring is 1. The van der Waals surface area contributed by atoms with Gasteiger partial charge in [0, 0.05) is 5.38 Å². The van der Waals surface area contributed by atoms with E-state index in [1.807, 2.05) is 5.92 Å². The Labute approximate surface area is 135 Å². The number of aromatic amines is 1. The monoisotopic (exact) mass is 345 g/mol. The minimum absolute atomic E-state index is 0.184. The van der Waals surface area contributed by atoms with Crippen molar-refractivity contribution in [3.63, 3.8) is 0 Å². The second-order valence-electron chi connectivity index (χ2n) is 4.75. The third-order valence-corrected chi connectivity index (χ3v) is 3.52. The summed E-state index contributed by atoms with van der Waals surface area (Å²) in [5.41, 5.74) is 1.47. The lowest BCUT2D eigenvalue weighted by Gasteiger charge is -2.23. The minimum atomic E-state index is -3.08. The number of alkyl halides is 1. The summed E-state index contributed by atoms with van der Waals surface area (Å²) in [4.78, 5) is 21.6. The smallest absolute Gasteiger partial charge is 0.280 e. The van der Waals surface area contributed by atoms with E-state index in [1.165, 1.54) is 0 Å². The van der Waals surface area contributed by atoms with Gasteiger partial charge < -0.3 is 20.7 Å². The summed E-state index contributed by atoms with van der Waals surface area (Å²) < 4.78 is 36.0. The molecule has 0 aromatic carbocycles. The molecule has 0 amide bonds. The van der Waals surface area contributed by atoms with E-state index in [4.69, 9.17) is 24.8 Å². The van der Waals surface area contributed by atoms with Gasteiger partial charge in [-0.2, -0.15) is 4.98 Å². The molecule has 1 fully saturated rings. The first kappa shape index (κ1) is 13.3. The largest absolute Gasteiger partial charge is 0.394 e. The van der Waals surface area contributed by atoms with Gasteiger partial charge in [0.15, 0.2) is 17.4 Å². The van der Waals surface area contributed by atoms with Gasteiger partial charge in [0.25, 0.3) is 5.56 Å². The highest BCUT2D eigenvalue weighted by molar-refractivity contribution is 6.30. The molecule has 0 spiro atoms. The number of aliphatic hydroxyl groups is 2. The zero-order valence-corrected chi connectivity index (χ0v) is 12.0. The Hall–Kier alpha value is -2.19. The van der Waals surface area contributed by atoms with E-state index in [0.717, 1.165) is 10.9 Å². The maximum atomic E-state index is 15.3. The minimum Gasteiger partial charge on any atom is -0.394 e. The SMILES string of the molecule is [2H]C([2H])(O)[C@H]1O[C@@H](n2cnc3c(=O)[nH]c(N)nc32)C(F)(C#CCl)[C@H]1O. The number of nitrogens with two attached hydrogens (primary N) is 1. The number of imidazole rings is 1. The highest BCUT2D eigenvalue weighted by Crippen LogP contribution is 2.42. The Kier molecular flexibility index (Phi) is 3.15. The van der Waals surface area contributed by atoms with Crippen LogP contribution in [-0.4, -0.2) is 54.2 Å². The lowest BCUT2D eigenvalue weighted by atomic mass is 9.97. The molecule has 1 saturated heterocycles. The molecule has 0 aliphatic carbocycles. The summed E-state index contributed by atoms with van der Waals surface area (Å²) >= 11 is 5.25. The normalized spacial score (nSPS) is 32.3. The van der Waals surface area contributed by atoms with E-state index >= 15 is 4.39 Å². The van der Waals surface area contributed by atoms with E-state index in [2.05, 4.69) is 15.0 Å². The van der Waals surface area contributed by atoms with Crippen LogP contribution in [0, 0.1) is 11.3 Å². The number of nitrogens with zero attached hydrogens (tertiary/aromatic N) is 3. The summed E-state index contributed by atoms with van der Waals surface area (Å²) in [5, 5.41) is 21.4. The Morgan fingerprint density at radius 1 is 1.74 bits per heavy atom. The Morgan fingerprint density at radius 2 is 2.48 bits per heavy atom. The number of hydrogen-bond acceptors (Lipinski definition) is 7. The van der Waals surface area contributed by atoms with Crippen LogP contribution in [-0.2, 0) is 4.74 Å². The van der Waals surface area contributed by atoms with Gasteiger partial charge >= 0.3 is 0 Å². The summed E-state index contributed by atoms with van der Waals surface area (Å²) in [7, 11) is 0. The van der Waals surface area contributed by atoms with Gasteiger partial charge in [-0.15, -0.1) is 0 Å². The molecule has 3 heterocycles. The Bertz CT molecular complexity index is 951. The molecule has 11 heteroatoms. The summed E-state index contributed by atoms with van der Waals surface area (Å²) in [5.74, 6) is 1.63. The van der Waals surface area contributed by atoms with Crippen LogP contribution in [0.25, 0.3) is 11.2 Å². The molecule has 3 rings (SSSR count). The first-order chi connectivity index (χ1) is 11.6. The summed E-state index contributed by atoms with van der Waals surface area (Å²) in [6, 6.07) is 0. The number of H-pyrrole nitrogens is 1. The Morgan fingerprint density at radius 3 is 3.13 bits per heavy atom. The molecule has 2 aromatic rings. The van der Waals surface area contributed by atoms with Crippen molar-refractivity contribution in [3.05, 3.63) is 16.7 Å². The average molecular weight is 346 g/mol.